The van der Waals surface area contributed by atoms with Gasteiger partial charge in [0.15, 0.2) is 0 Å². The molecule has 0 bridgehead atoms. The van der Waals surface area contributed by atoms with E-state index in [4.69, 9.17) is 0 Å². The van der Waals surface area contributed by atoms with Gasteiger partial charge in [-0.1, -0.05) is 6.07 Å². The summed E-state index contributed by atoms with van der Waals surface area (Å²) in [5.74, 6) is -1.62. The van der Waals surface area contributed by atoms with Gasteiger partial charge in [0.25, 0.3) is 0 Å². The van der Waals surface area contributed by atoms with Crippen LogP contribution in [0.25, 0.3) is 0 Å². The molecule has 1 aliphatic rings. The van der Waals surface area contributed by atoms with E-state index in [1.807, 2.05) is 4.90 Å². The molecule has 9 heteroatoms. The van der Waals surface area contributed by atoms with Crippen LogP contribution >= 0.6 is 15.9 Å². The molecule has 0 unspecified atom stereocenters. The Bertz CT molecular complexity index is 537. The maximum Gasteiger partial charge on any atom is 0.573 e. The first-order valence-electron chi connectivity index (χ1n) is 6.88. The summed E-state index contributed by atoms with van der Waals surface area (Å²) in [4.78, 5) is 1.86. The standard InChI is InChI=1S/C14H14BrF6NO/c15-11-7-9(1-2-12(11)23-14(19,20)21)8-22-5-3-10(4-6-22)13(16,17)18/h1-2,7,10H,3-6,8H2. The minimum Gasteiger partial charge on any atom is -0.405 e. The number of piperidine rings is 1. The van der Waals surface area contributed by atoms with Gasteiger partial charge in [0, 0.05) is 6.54 Å². The van der Waals surface area contributed by atoms with E-state index < -0.39 is 18.5 Å². The molecular formula is C14H14BrF6NO. The third-order valence-electron chi connectivity index (χ3n) is 3.68. The van der Waals surface area contributed by atoms with E-state index in [-0.39, 0.29) is 23.1 Å². The zero-order valence-electron chi connectivity index (χ0n) is 11.8. The van der Waals surface area contributed by atoms with Crippen molar-refractivity contribution in [2.45, 2.75) is 31.9 Å². The Kier molecular flexibility index (Phi) is 5.50. The fourth-order valence-corrected chi connectivity index (χ4v) is 3.03. The largest absolute Gasteiger partial charge is 0.573 e. The molecule has 0 radical (unpaired) electrons. The number of benzene rings is 1. The van der Waals surface area contributed by atoms with Crippen molar-refractivity contribution in [3.63, 3.8) is 0 Å². The molecule has 130 valence electrons. The second kappa shape index (κ2) is 6.88. The topological polar surface area (TPSA) is 12.5 Å². The molecule has 0 aliphatic carbocycles. The highest BCUT2D eigenvalue weighted by molar-refractivity contribution is 9.10. The molecule has 1 aliphatic heterocycles. The highest BCUT2D eigenvalue weighted by Crippen LogP contribution is 2.35. The molecular weight excluding hydrogens is 392 g/mol. The molecule has 0 saturated carbocycles. The third-order valence-corrected chi connectivity index (χ3v) is 4.30. The van der Waals surface area contributed by atoms with Gasteiger partial charge in [-0.2, -0.15) is 13.2 Å². The van der Waals surface area contributed by atoms with Crippen LogP contribution in [-0.4, -0.2) is 30.5 Å². The van der Waals surface area contributed by atoms with Gasteiger partial charge in [0.2, 0.25) is 0 Å². The normalized spacial score (nSPS) is 18.2. The van der Waals surface area contributed by atoms with Crippen LogP contribution in [0.1, 0.15) is 18.4 Å². The lowest BCUT2D eigenvalue weighted by molar-refractivity contribution is -0.274. The summed E-state index contributed by atoms with van der Waals surface area (Å²) in [6.07, 6.45) is -8.85. The van der Waals surface area contributed by atoms with Crippen LogP contribution in [0.4, 0.5) is 26.3 Å². The van der Waals surface area contributed by atoms with Crippen molar-refractivity contribution >= 4 is 15.9 Å². The molecule has 0 atom stereocenters. The van der Waals surface area contributed by atoms with Gasteiger partial charge >= 0.3 is 12.5 Å². The molecule has 1 fully saturated rings. The number of ether oxygens (including phenoxy) is 1. The van der Waals surface area contributed by atoms with E-state index in [0.29, 0.717) is 25.2 Å². The highest BCUT2D eigenvalue weighted by Gasteiger charge is 2.41. The zero-order chi connectivity index (χ0) is 17.3. The maximum absolute atomic E-state index is 12.6. The summed E-state index contributed by atoms with van der Waals surface area (Å²) in [5, 5.41) is 0. The van der Waals surface area contributed by atoms with Crippen LogP contribution in [0, 0.1) is 5.92 Å². The van der Waals surface area contributed by atoms with Gasteiger partial charge in [0.1, 0.15) is 5.75 Å². The Hall–Kier alpha value is -0.960. The second-order valence-corrected chi connectivity index (χ2v) is 6.26. The molecule has 1 heterocycles. The molecule has 0 N–H and O–H groups in total. The van der Waals surface area contributed by atoms with Gasteiger partial charge in [-0.3, -0.25) is 4.90 Å². The van der Waals surface area contributed by atoms with Gasteiger partial charge < -0.3 is 4.74 Å². The van der Waals surface area contributed by atoms with E-state index in [2.05, 4.69) is 20.7 Å². The molecule has 23 heavy (non-hydrogen) atoms. The quantitative estimate of drug-likeness (QED) is 0.647. The lowest BCUT2D eigenvalue weighted by Crippen LogP contribution is -2.38. The lowest BCUT2D eigenvalue weighted by atomic mass is 9.96. The van der Waals surface area contributed by atoms with Gasteiger partial charge in [-0.05, 0) is 59.6 Å². The Morgan fingerprint density at radius 1 is 1.09 bits per heavy atom. The summed E-state index contributed by atoms with van der Waals surface area (Å²) in [6, 6.07) is 4.15. The maximum atomic E-state index is 12.6. The predicted octanol–water partition coefficient (Wildman–Crippen LogP) is 5.12. The number of hydrogen-bond donors (Lipinski definition) is 0. The van der Waals surface area contributed by atoms with Crippen LogP contribution in [-0.2, 0) is 6.54 Å². The molecule has 0 spiro atoms. The summed E-state index contributed by atoms with van der Waals surface area (Å²) in [6.45, 7) is 1.00. The van der Waals surface area contributed by atoms with E-state index in [1.165, 1.54) is 18.2 Å². The Labute approximate surface area is 137 Å². The van der Waals surface area contributed by atoms with E-state index in [0.717, 1.165) is 0 Å². The van der Waals surface area contributed by atoms with Gasteiger partial charge in [-0.15, -0.1) is 13.2 Å². The first kappa shape index (κ1) is 18.4. The minimum absolute atomic E-state index is 0.0416. The summed E-state index contributed by atoms with van der Waals surface area (Å²) < 4.78 is 78.3. The van der Waals surface area contributed by atoms with E-state index in [1.54, 1.807) is 0 Å². The van der Waals surface area contributed by atoms with Crippen LogP contribution in [0.3, 0.4) is 0 Å². The zero-order valence-corrected chi connectivity index (χ0v) is 13.4. The second-order valence-electron chi connectivity index (χ2n) is 5.40. The molecule has 2 nitrogen and oxygen atoms in total. The molecule has 1 aromatic rings. The lowest BCUT2D eigenvalue weighted by Gasteiger charge is -2.32. The predicted molar refractivity (Wildman–Crippen MR) is 74.9 cm³/mol. The fraction of sp³-hybridized carbons (Fsp3) is 0.571. The van der Waals surface area contributed by atoms with Crippen LogP contribution in [0.5, 0.6) is 5.75 Å². The van der Waals surface area contributed by atoms with Crippen LogP contribution in [0.2, 0.25) is 0 Å². The summed E-state index contributed by atoms with van der Waals surface area (Å²) in [7, 11) is 0. The average molecular weight is 406 g/mol. The average Bonchev–Trinajstić information content (AvgIpc) is 2.40. The van der Waals surface area contributed by atoms with Crippen molar-refractivity contribution in [1.29, 1.82) is 0 Å². The first-order valence-corrected chi connectivity index (χ1v) is 7.67. The van der Waals surface area contributed by atoms with Crippen LogP contribution in [0.15, 0.2) is 22.7 Å². The molecule has 1 saturated heterocycles. The van der Waals surface area contributed by atoms with Crippen LogP contribution < -0.4 is 4.74 Å². The van der Waals surface area contributed by atoms with Crippen molar-refractivity contribution < 1.29 is 31.1 Å². The van der Waals surface area contributed by atoms with Gasteiger partial charge in [0.05, 0.1) is 10.4 Å². The first-order chi connectivity index (χ1) is 10.5. The number of likely N-dealkylation sites (tertiary alicyclic amines) is 1. The summed E-state index contributed by atoms with van der Waals surface area (Å²) >= 11 is 3.01. The smallest absolute Gasteiger partial charge is 0.405 e. The van der Waals surface area contributed by atoms with Crippen molar-refractivity contribution in [3.8, 4) is 5.75 Å². The number of nitrogens with zero attached hydrogens (tertiary/aromatic N) is 1. The SMILES string of the molecule is FC(F)(F)Oc1ccc(CN2CCC(C(F)(F)F)CC2)cc1Br. The number of halogens is 7. The minimum atomic E-state index is -4.77. The molecule has 2 rings (SSSR count). The highest BCUT2D eigenvalue weighted by atomic mass is 79.9. The van der Waals surface area contributed by atoms with Crippen molar-refractivity contribution in [1.82, 2.24) is 4.90 Å². The third kappa shape index (κ3) is 5.56. The van der Waals surface area contributed by atoms with Crippen molar-refractivity contribution in [3.05, 3.63) is 28.2 Å². The molecule has 0 aromatic heterocycles. The van der Waals surface area contributed by atoms with Gasteiger partial charge in [-0.25, -0.2) is 0 Å². The molecule has 0 amide bonds. The Balaban J connectivity index is 1.93. The van der Waals surface area contributed by atoms with Crippen molar-refractivity contribution in [2.24, 2.45) is 5.92 Å². The molecule has 1 aromatic carbocycles. The number of alkyl halides is 6. The monoisotopic (exact) mass is 405 g/mol. The van der Waals surface area contributed by atoms with E-state index in [9.17, 15) is 26.3 Å². The number of hydrogen-bond acceptors (Lipinski definition) is 2. The fourth-order valence-electron chi connectivity index (χ4n) is 2.53. The Morgan fingerprint density at radius 3 is 2.17 bits per heavy atom. The number of rotatable bonds is 3. The Morgan fingerprint density at radius 2 is 1.70 bits per heavy atom. The summed E-state index contributed by atoms with van der Waals surface area (Å²) in [5.41, 5.74) is 0.705. The van der Waals surface area contributed by atoms with E-state index >= 15 is 0 Å². The van der Waals surface area contributed by atoms with Crippen molar-refractivity contribution in [2.75, 3.05) is 13.1 Å².